The fraction of sp³-hybridized carbons (Fsp3) is 0.632. The molecule has 1 fully saturated rings. The smallest absolute Gasteiger partial charge is 0.410 e. The molecule has 0 bridgehead atoms. The predicted octanol–water partition coefficient (Wildman–Crippen LogP) is 3.88. The van der Waals surface area contributed by atoms with Crippen LogP contribution >= 0.6 is 0 Å². The molecule has 2 unspecified atom stereocenters. The van der Waals surface area contributed by atoms with E-state index in [2.05, 4.69) is 5.32 Å². The van der Waals surface area contributed by atoms with Crippen molar-refractivity contribution in [3.63, 3.8) is 0 Å². The standard InChI is InChI=1S/C19H29FN2O3/c1-13(17-15(20)9-6-10-16(17)24-5)21-14-8-7-11-22(12-14)18(23)25-19(2,3)4/h6,9-10,13-14,21H,7-8,11-12H2,1-5H3. The number of ether oxygens (including phenoxy) is 2. The van der Waals surface area contributed by atoms with Crippen LogP contribution in [0.4, 0.5) is 9.18 Å². The molecule has 1 aromatic carbocycles. The van der Waals surface area contributed by atoms with Crippen LogP contribution in [0.25, 0.3) is 0 Å². The molecule has 5 nitrogen and oxygen atoms in total. The van der Waals surface area contributed by atoms with Crippen molar-refractivity contribution >= 4 is 6.09 Å². The Morgan fingerprint density at radius 1 is 1.40 bits per heavy atom. The van der Waals surface area contributed by atoms with Crippen molar-refractivity contribution < 1.29 is 18.7 Å². The van der Waals surface area contributed by atoms with Crippen LogP contribution in [-0.4, -0.2) is 42.8 Å². The highest BCUT2D eigenvalue weighted by Crippen LogP contribution is 2.28. The Kier molecular flexibility index (Phi) is 6.27. The number of likely N-dealkylation sites (tertiary alicyclic amines) is 1. The Labute approximate surface area is 149 Å². The molecular formula is C19H29FN2O3. The van der Waals surface area contributed by atoms with E-state index >= 15 is 0 Å². The van der Waals surface area contributed by atoms with Gasteiger partial charge in [-0.2, -0.15) is 0 Å². The zero-order valence-electron chi connectivity index (χ0n) is 15.8. The second-order valence-corrected chi connectivity index (χ2v) is 7.51. The summed E-state index contributed by atoms with van der Waals surface area (Å²) in [7, 11) is 1.54. The van der Waals surface area contributed by atoms with E-state index in [-0.39, 0.29) is 24.0 Å². The number of carbonyl (C=O) groups excluding carboxylic acids is 1. The van der Waals surface area contributed by atoms with Gasteiger partial charge in [-0.15, -0.1) is 0 Å². The summed E-state index contributed by atoms with van der Waals surface area (Å²) in [6.45, 7) is 8.72. The highest BCUT2D eigenvalue weighted by Gasteiger charge is 2.29. The second kappa shape index (κ2) is 8.04. The van der Waals surface area contributed by atoms with Gasteiger partial charge in [-0.1, -0.05) is 6.07 Å². The summed E-state index contributed by atoms with van der Waals surface area (Å²) in [6, 6.07) is 4.68. The van der Waals surface area contributed by atoms with Gasteiger partial charge in [0.1, 0.15) is 17.2 Å². The number of nitrogens with zero attached hydrogens (tertiary/aromatic N) is 1. The molecule has 25 heavy (non-hydrogen) atoms. The molecule has 6 heteroatoms. The number of hydrogen-bond acceptors (Lipinski definition) is 4. The zero-order chi connectivity index (χ0) is 18.6. The third kappa shape index (κ3) is 5.33. The van der Waals surface area contributed by atoms with Crippen molar-refractivity contribution in [2.24, 2.45) is 0 Å². The first-order valence-corrected chi connectivity index (χ1v) is 8.77. The summed E-state index contributed by atoms with van der Waals surface area (Å²) >= 11 is 0. The molecule has 0 aromatic heterocycles. The lowest BCUT2D eigenvalue weighted by Crippen LogP contribution is -2.49. The molecule has 1 N–H and O–H groups in total. The Bertz CT molecular complexity index is 601. The Morgan fingerprint density at radius 3 is 2.76 bits per heavy atom. The van der Waals surface area contributed by atoms with E-state index in [0.29, 0.717) is 24.4 Å². The molecule has 0 saturated carbocycles. The SMILES string of the molecule is COc1cccc(F)c1C(C)NC1CCCN(C(=O)OC(C)(C)C)C1. The second-order valence-electron chi connectivity index (χ2n) is 7.51. The van der Waals surface area contributed by atoms with E-state index in [1.54, 1.807) is 17.0 Å². The molecule has 1 saturated heterocycles. The van der Waals surface area contributed by atoms with Gasteiger partial charge in [0.15, 0.2) is 0 Å². The lowest BCUT2D eigenvalue weighted by molar-refractivity contribution is 0.0183. The summed E-state index contributed by atoms with van der Waals surface area (Å²) in [4.78, 5) is 14.0. The van der Waals surface area contributed by atoms with Gasteiger partial charge < -0.3 is 19.7 Å². The first-order chi connectivity index (χ1) is 11.7. The van der Waals surface area contributed by atoms with Crippen LogP contribution in [-0.2, 0) is 4.74 Å². The monoisotopic (exact) mass is 352 g/mol. The number of amides is 1. The van der Waals surface area contributed by atoms with Crippen molar-refractivity contribution in [3.8, 4) is 5.75 Å². The van der Waals surface area contributed by atoms with Crippen molar-refractivity contribution in [1.82, 2.24) is 10.2 Å². The van der Waals surface area contributed by atoms with Gasteiger partial charge in [0.05, 0.1) is 7.11 Å². The van der Waals surface area contributed by atoms with E-state index in [9.17, 15) is 9.18 Å². The molecule has 2 rings (SSSR count). The zero-order valence-corrected chi connectivity index (χ0v) is 15.8. The minimum atomic E-state index is -0.509. The van der Waals surface area contributed by atoms with Crippen LogP contribution in [0, 0.1) is 5.82 Å². The van der Waals surface area contributed by atoms with Gasteiger partial charge >= 0.3 is 6.09 Å². The average molecular weight is 352 g/mol. The van der Waals surface area contributed by atoms with Crippen molar-refractivity contribution in [2.75, 3.05) is 20.2 Å². The molecule has 2 atom stereocenters. The quantitative estimate of drug-likeness (QED) is 0.893. The molecule has 140 valence electrons. The third-order valence-electron chi connectivity index (χ3n) is 4.22. The van der Waals surface area contributed by atoms with Gasteiger partial charge in [-0.3, -0.25) is 0 Å². The van der Waals surface area contributed by atoms with Gasteiger partial charge in [-0.05, 0) is 52.7 Å². The third-order valence-corrected chi connectivity index (χ3v) is 4.22. The lowest BCUT2D eigenvalue weighted by atomic mass is 10.0. The first kappa shape index (κ1) is 19.5. The lowest BCUT2D eigenvalue weighted by Gasteiger charge is -2.36. The molecule has 1 heterocycles. The predicted molar refractivity (Wildman–Crippen MR) is 95.3 cm³/mol. The van der Waals surface area contributed by atoms with Crippen LogP contribution in [0.5, 0.6) is 5.75 Å². The topological polar surface area (TPSA) is 50.8 Å². The van der Waals surface area contributed by atoms with Crippen LogP contribution in [0.2, 0.25) is 0 Å². The summed E-state index contributed by atoms with van der Waals surface area (Å²) in [5.74, 6) is 0.235. The minimum Gasteiger partial charge on any atom is -0.496 e. The molecular weight excluding hydrogens is 323 g/mol. The minimum absolute atomic E-state index is 0.0839. The molecule has 1 aromatic rings. The fourth-order valence-corrected chi connectivity index (χ4v) is 3.16. The van der Waals surface area contributed by atoms with Crippen LogP contribution in [0.3, 0.4) is 0 Å². The summed E-state index contributed by atoms with van der Waals surface area (Å²) in [5, 5.41) is 3.43. The molecule has 0 radical (unpaired) electrons. The highest BCUT2D eigenvalue weighted by atomic mass is 19.1. The maximum atomic E-state index is 14.2. The van der Waals surface area contributed by atoms with Gasteiger partial charge in [0, 0.05) is 30.7 Å². The number of carbonyl (C=O) groups is 1. The van der Waals surface area contributed by atoms with E-state index in [1.807, 2.05) is 27.7 Å². The number of methoxy groups -OCH3 is 1. The first-order valence-electron chi connectivity index (χ1n) is 8.77. The normalized spacial score (nSPS) is 19.4. The van der Waals surface area contributed by atoms with E-state index in [1.165, 1.54) is 13.2 Å². The number of halogens is 1. The summed E-state index contributed by atoms with van der Waals surface area (Å²) < 4.78 is 25.0. The maximum absolute atomic E-state index is 14.2. The Hall–Kier alpha value is -1.82. The highest BCUT2D eigenvalue weighted by molar-refractivity contribution is 5.68. The molecule has 1 amide bonds. The molecule has 1 aliphatic rings. The average Bonchev–Trinajstić information content (AvgIpc) is 2.53. The number of benzene rings is 1. The largest absolute Gasteiger partial charge is 0.496 e. The van der Waals surface area contributed by atoms with Crippen molar-refractivity contribution in [2.45, 2.75) is 58.2 Å². The van der Waals surface area contributed by atoms with Gasteiger partial charge in [0.25, 0.3) is 0 Å². The van der Waals surface area contributed by atoms with E-state index < -0.39 is 5.60 Å². The van der Waals surface area contributed by atoms with Crippen LogP contribution < -0.4 is 10.1 Å². The molecule has 1 aliphatic heterocycles. The van der Waals surface area contributed by atoms with Crippen molar-refractivity contribution in [1.29, 1.82) is 0 Å². The maximum Gasteiger partial charge on any atom is 0.410 e. The molecule has 0 aliphatic carbocycles. The van der Waals surface area contributed by atoms with Gasteiger partial charge in [0.2, 0.25) is 0 Å². The van der Waals surface area contributed by atoms with Crippen LogP contribution in [0.15, 0.2) is 18.2 Å². The summed E-state index contributed by atoms with van der Waals surface area (Å²) in [6.07, 6.45) is 1.52. The Balaban J connectivity index is 2.02. The number of nitrogens with one attached hydrogen (secondary N) is 1. The number of hydrogen-bond donors (Lipinski definition) is 1. The van der Waals surface area contributed by atoms with E-state index in [0.717, 1.165) is 12.8 Å². The van der Waals surface area contributed by atoms with Gasteiger partial charge in [-0.25, -0.2) is 9.18 Å². The number of rotatable bonds is 4. The van der Waals surface area contributed by atoms with E-state index in [4.69, 9.17) is 9.47 Å². The molecule has 0 spiro atoms. The number of piperidine rings is 1. The summed E-state index contributed by atoms with van der Waals surface area (Å²) in [5.41, 5.74) is 0.00468. The van der Waals surface area contributed by atoms with Crippen LogP contribution in [0.1, 0.15) is 52.1 Å². The van der Waals surface area contributed by atoms with Crippen molar-refractivity contribution in [3.05, 3.63) is 29.6 Å². The Morgan fingerprint density at radius 2 is 2.12 bits per heavy atom. The fourth-order valence-electron chi connectivity index (χ4n) is 3.16.